The summed E-state index contributed by atoms with van der Waals surface area (Å²) < 4.78 is 0. The van der Waals surface area contributed by atoms with E-state index in [4.69, 9.17) is 15.0 Å². The zero-order chi connectivity index (χ0) is 6.99. The summed E-state index contributed by atoms with van der Waals surface area (Å²) >= 11 is 0. The third kappa shape index (κ3) is 52.1. The van der Waals surface area contributed by atoms with Crippen LogP contribution in [0.2, 0.25) is 0 Å². The minimum Gasteiger partial charge on any atom is -0.480 e. The van der Waals surface area contributed by atoms with E-state index in [1.54, 1.807) is 0 Å². The number of rotatable bonds is 1. The molecule has 0 aromatic heterocycles. The maximum Gasteiger partial charge on any atom is 0.329 e. The molecule has 0 aliphatic heterocycles. The lowest BCUT2D eigenvalue weighted by atomic mass is 10.6. The second-order valence-electron chi connectivity index (χ2n) is 1.26. The lowest BCUT2D eigenvalue weighted by molar-refractivity contribution is -0.140. The molecule has 0 rings (SSSR count). The van der Waals surface area contributed by atoms with Gasteiger partial charge in [-0.05, 0) is 0 Å². The number of carboxylic acids is 1. The van der Waals surface area contributed by atoms with Crippen LogP contribution in [0.5, 0.6) is 0 Å². The first-order valence-electron chi connectivity index (χ1n) is 2.51. The van der Waals surface area contributed by atoms with Crippen molar-refractivity contribution >= 4 is 5.97 Å². The topological polar surface area (TPSA) is 57.5 Å². The van der Waals surface area contributed by atoms with Crippen molar-refractivity contribution in [2.75, 3.05) is 6.61 Å². The Bertz CT molecular complexity index is 51.6. The molecule has 0 aliphatic rings. The van der Waals surface area contributed by atoms with Gasteiger partial charge in [0, 0.05) is 0 Å². The van der Waals surface area contributed by atoms with E-state index >= 15 is 0 Å². The van der Waals surface area contributed by atoms with Crippen LogP contribution in [0.25, 0.3) is 0 Å². The van der Waals surface area contributed by atoms with E-state index in [0.717, 1.165) is 0 Å². The van der Waals surface area contributed by atoms with Gasteiger partial charge in [0.25, 0.3) is 0 Å². The highest BCUT2D eigenvalue weighted by molar-refractivity contribution is 5.67. The Kier molecular flexibility index (Phi) is 12.6. The van der Waals surface area contributed by atoms with E-state index in [1.807, 2.05) is 0 Å². The largest absolute Gasteiger partial charge is 0.480 e. The van der Waals surface area contributed by atoms with Crippen molar-refractivity contribution in [2.45, 2.75) is 20.3 Å². The first-order valence-corrected chi connectivity index (χ1v) is 2.51. The van der Waals surface area contributed by atoms with Crippen LogP contribution in [0.15, 0.2) is 0 Å². The first-order chi connectivity index (χ1) is 3.68. The molecule has 0 aromatic carbocycles. The lowest BCUT2D eigenvalue weighted by Gasteiger charge is -1.72. The smallest absolute Gasteiger partial charge is 0.329 e. The number of aliphatic hydroxyl groups excluding tert-OH is 1. The summed E-state index contributed by atoms with van der Waals surface area (Å²) in [4.78, 5) is 9.12. The van der Waals surface area contributed by atoms with Gasteiger partial charge >= 0.3 is 5.97 Å². The summed E-state index contributed by atoms with van der Waals surface area (Å²) in [5, 5.41) is 15.0. The van der Waals surface area contributed by atoms with Crippen LogP contribution in [-0.2, 0) is 4.79 Å². The SMILES string of the molecule is CCC.O=C(O)CO. The molecular weight excluding hydrogens is 108 g/mol. The zero-order valence-electron chi connectivity index (χ0n) is 5.22. The van der Waals surface area contributed by atoms with Crippen LogP contribution in [0.1, 0.15) is 20.3 Å². The third-order valence-electron chi connectivity index (χ3n) is 0.135. The van der Waals surface area contributed by atoms with Crippen LogP contribution in [0, 0.1) is 0 Å². The van der Waals surface area contributed by atoms with Gasteiger partial charge in [-0.3, -0.25) is 0 Å². The van der Waals surface area contributed by atoms with Gasteiger partial charge < -0.3 is 10.2 Å². The summed E-state index contributed by atoms with van der Waals surface area (Å²) in [5.41, 5.74) is 0. The fourth-order valence-corrected chi connectivity index (χ4v) is 0. The Morgan fingerprint density at radius 3 is 1.62 bits per heavy atom. The summed E-state index contributed by atoms with van der Waals surface area (Å²) in [7, 11) is 0. The number of aliphatic carboxylic acids is 1. The van der Waals surface area contributed by atoms with Crippen LogP contribution < -0.4 is 0 Å². The monoisotopic (exact) mass is 120 g/mol. The number of carboxylic acid groups (broad SMARTS) is 1. The molecule has 0 aliphatic carbocycles. The lowest BCUT2D eigenvalue weighted by Crippen LogP contribution is -1.98. The Morgan fingerprint density at radius 2 is 1.62 bits per heavy atom. The highest BCUT2D eigenvalue weighted by Crippen LogP contribution is 1.56. The van der Waals surface area contributed by atoms with Crippen LogP contribution in [0.3, 0.4) is 0 Å². The average Bonchev–Trinajstić information content (AvgIpc) is 1.69. The van der Waals surface area contributed by atoms with Gasteiger partial charge in [-0.25, -0.2) is 4.79 Å². The highest BCUT2D eigenvalue weighted by Gasteiger charge is 1.82. The van der Waals surface area contributed by atoms with E-state index in [2.05, 4.69) is 13.8 Å². The molecule has 0 fully saturated rings. The molecule has 0 aromatic rings. The second-order valence-corrected chi connectivity index (χ2v) is 1.26. The maximum atomic E-state index is 9.12. The van der Waals surface area contributed by atoms with Gasteiger partial charge in [0.1, 0.15) is 6.61 Å². The highest BCUT2D eigenvalue weighted by atomic mass is 16.4. The van der Waals surface area contributed by atoms with Crippen molar-refractivity contribution in [3.8, 4) is 0 Å². The van der Waals surface area contributed by atoms with Crippen LogP contribution in [-0.4, -0.2) is 22.8 Å². The van der Waals surface area contributed by atoms with Crippen molar-refractivity contribution in [1.29, 1.82) is 0 Å². The molecule has 0 bridgehead atoms. The van der Waals surface area contributed by atoms with Crippen LogP contribution in [0.4, 0.5) is 0 Å². The number of hydrogen-bond donors (Lipinski definition) is 2. The fraction of sp³-hybridized carbons (Fsp3) is 0.800. The molecule has 3 nitrogen and oxygen atoms in total. The number of aliphatic hydroxyl groups is 1. The second kappa shape index (κ2) is 9.66. The van der Waals surface area contributed by atoms with Crippen molar-refractivity contribution in [2.24, 2.45) is 0 Å². The van der Waals surface area contributed by atoms with Gasteiger partial charge in [0.2, 0.25) is 0 Å². The van der Waals surface area contributed by atoms with Gasteiger partial charge in [-0.1, -0.05) is 20.3 Å². The Hall–Kier alpha value is -0.570. The summed E-state index contributed by atoms with van der Waals surface area (Å²) in [5.74, 6) is -1.19. The fourth-order valence-electron chi connectivity index (χ4n) is 0. The molecule has 0 atom stereocenters. The number of carbonyl (C=O) groups is 1. The first kappa shape index (κ1) is 10.4. The summed E-state index contributed by atoms with van der Waals surface area (Å²) in [6.07, 6.45) is 1.25. The third-order valence-corrected chi connectivity index (χ3v) is 0.135. The van der Waals surface area contributed by atoms with Gasteiger partial charge in [-0.15, -0.1) is 0 Å². The Morgan fingerprint density at radius 1 is 1.50 bits per heavy atom. The zero-order valence-corrected chi connectivity index (χ0v) is 5.22. The van der Waals surface area contributed by atoms with Crippen LogP contribution >= 0.6 is 0 Å². The quantitative estimate of drug-likeness (QED) is 0.529. The van der Waals surface area contributed by atoms with Gasteiger partial charge in [0.05, 0.1) is 0 Å². The van der Waals surface area contributed by atoms with Crippen molar-refractivity contribution in [3.05, 3.63) is 0 Å². The maximum absolute atomic E-state index is 9.12. The van der Waals surface area contributed by atoms with Gasteiger partial charge in [0.15, 0.2) is 0 Å². The van der Waals surface area contributed by atoms with Gasteiger partial charge in [-0.2, -0.15) is 0 Å². The molecule has 0 radical (unpaired) electrons. The predicted octanol–water partition coefficient (Wildman–Crippen LogP) is 0.480. The molecule has 3 heteroatoms. The number of hydrogen-bond acceptors (Lipinski definition) is 2. The summed E-state index contributed by atoms with van der Waals surface area (Å²) in [6.45, 7) is 3.47. The Labute approximate surface area is 49.0 Å². The molecule has 8 heavy (non-hydrogen) atoms. The van der Waals surface area contributed by atoms with E-state index in [-0.39, 0.29) is 0 Å². The molecule has 0 heterocycles. The molecule has 0 unspecified atom stereocenters. The molecular formula is C5H12O3. The molecule has 2 N–H and O–H groups in total. The molecule has 0 spiro atoms. The summed E-state index contributed by atoms with van der Waals surface area (Å²) in [6, 6.07) is 0. The minimum atomic E-state index is -1.19. The normalized spacial score (nSPS) is 6.88. The van der Waals surface area contributed by atoms with E-state index in [0.29, 0.717) is 0 Å². The standard InChI is InChI=1S/C3H8.C2H4O3/c1-3-2;3-1-2(4)5/h3H2,1-2H3;3H,1H2,(H,4,5). The van der Waals surface area contributed by atoms with Crippen molar-refractivity contribution in [3.63, 3.8) is 0 Å². The molecule has 0 saturated carbocycles. The molecule has 0 amide bonds. The van der Waals surface area contributed by atoms with E-state index < -0.39 is 12.6 Å². The minimum absolute atomic E-state index is 0.778. The molecule has 0 saturated heterocycles. The van der Waals surface area contributed by atoms with E-state index in [9.17, 15) is 0 Å². The van der Waals surface area contributed by atoms with Crippen molar-refractivity contribution < 1.29 is 15.0 Å². The predicted molar refractivity (Wildman–Crippen MR) is 30.7 cm³/mol. The van der Waals surface area contributed by atoms with Crippen molar-refractivity contribution in [1.82, 2.24) is 0 Å². The Balaban J connectivity index is 0. The van der Waals surface area contributed by atoms with E-state index in [1.165, 1.54) is 6.42 Å². The average molecular weight is 120 g/mol. The molecule has 50 valence electrons.